The van der Waals surface area contributed by atoms with Crippen molar-refractivity contribution in [2.75, 3.05) is 5.32 Å². The predicted molar refractivity (Wildman–Crippen MR) is 70.6 cm³/mol. The Bertz CT molecular complexity index is 606. The number of benzene rings is 1. The molecule has 0 spiro atoms. The maximum atomic E-state index is 12.1. The van der Waals surface area contributed by atoms with Crippen molar-refractivity contribution >= 4 is 11.9 Å². The number of aromatic nitrogens is 1. The van der Waals surface area contributed by atoms with Gasteiger partial charge in [-0.2, -0.15) is 4.98 Å². The smallest absolute Gasteiger partial charge is 0.301 e. The molecule has 0 saturated carbocycles. The molecule has 1 atom stereocenters. The van der Waals surface area contributed by atoms with Gasteiger partial charge in [0, 0.05) is 6.54 Å². The molecule has 5 heteroatoms. The fraction of sp³-hybridized carbons (Fsp3) is 0.286. The normalized spacial score (nSPS) is 17.8. The van der Waals surface area contributed by atoms with Crippen molar-refractivity contribution in [3.05, 3.63) is 47.3 Å². The van der Waals surface area contributed by atoms with Crippen LogP contribution >= 0.6 is 0 Å². The van der Waals surface area contributed by atoms with E-state index in [2.05, 4.69) is 27.8 Å². The number of hydrogen-bond acceptors (Lipinski definition) is 4. The second-order valence-electron chi connectivity index (χ2n) is 4.69. The summed E-state index contributed by atoms with van der Waals surface area (Å²) in [6.45, 7) is 2.52. The molecule has 0 radical (unpaired) electrons. The number of fused-ring (bicyclic) bond motifs is 1. The Morgan fingerprint density at radius 3 is 2.95 bits per heavy atom. The molecule has 1 aliphatic heterocycles. The summed E-state index contributed by atoms with van der Waals surface area (Å²) < 4.78 is 5.12. The van der Waals surface area contributed by atoms with Gasteiger partial charge in [0.25, 0.3) is 0 Å². The van der Waals surface area contributed by atoms with E-state index in [0.29, 0.717) is 13.0 Å². The Hall–Kier alpha value is -2.14. The van der Waals surface area contributed by atoms with Crippen LogP contribution < -0.4 is 10.6 Å². The lowest BCUT2D eigenvalue weighted by Crippen LogP contribution is -2.44. The van der Waals surface area contributed by atoms with Crippen molar-refractivity contribution < 1.29 is 9.21 Å². The summed E-state index contributed by atoms with van der Waals surface area (Å²) >= 11 is 0. The quantitative estimate of drug-likeness (QED) is 0.858. The van der Waals surface area contributed by atoms with E-state index in [1.807, 2.05) is 19.1 Å². The molecule has 0 bridgehead atoms. The van der Waals surface area contributed by atoms with E-state index in [-0.39, 0.29) is 18.0 Å². The van der Waals surface area contributed by atoms with Gasteiger partial charge in [-0.1, -0.05) is 24.3 Å². The molecular formula is C14H15N3O2. The van der Waals surface area contributed by atoms with Gasteiger partial charge in [-0.25, -0.2) is 0 Å². The lowest BCUT2D eigenvalue weighted by Gasteiger charge is -2.24. The summed E-state index contributed by atoms with van der Waals surface area (Å²) in [5, 5.41) is 5.90. The van der Waals surface area contributed by atoms with Gasteiger partial charge in [-0.3, -0.25) is 10.1 Å². The Balaban J connectivity index is 1.69. The van der Waals surface area contributed by atoms with Gasteiger partial charge in [0.05, 0.1) is 11.7 Å². The van der Waals surface area contributed by atoms with Gasteiger partial charge < -0.3 is 9.73 Å². The van der Waals surface area contributed by atoms with Crippen molar-refractivity contribution in [3.8, 4) is 0 Å². The molecule has 1 aromatic carbocycles. The van der Waals surface area contributed by atoms with E-state index < -0.39 is 0 Å². The lowest BCUT2D eigenvalue weighted by atomic mass is 9.95. The highest BCUT2D eigenvalue weighted by Crippen LogP contribution is 2.17. The summed E-state index contributed by atoms with van der Waals surface area (Å²) in [6.07, 6.45) is 2.20. The summed E-state index contributed by atoms with van der Waals surface area (Å²) in [6, 6.07) is 8.15. The van der Waals surface area contributed by atoms with Crippen molar-refractivity contribution in [2.24, 2.45) is 0 Å². The summed E-state index contributed by atoms with van der Waals surface area (Å²) in [4.78, 5) is 16.2. The van der Waals surface area contributed by atoms with E-state index >= 15 is 0 Å². The first-order chi connectivity index (χ1) is 9.22. The Morgan fingerprint density at radius 1 is 1.42 bits per heavy atom. The number of carbonyl (C=O) groups excluding carboxylic acids is 1. The van der Waals surface area contributed by atoms with Gasteiger partial charge in [-0.05, 0) is 24.5 Å². The number of carbonyl (C=O) groups is 1. The molecule has 2 N–H and O–H groups in total. The highest BCUT2D eigenvalue weighted by atomic mass is 16.4. The van der Waals surface area contributed by atoms with Crippen LogP contribution in [0.2, 0.25) is 0 Å². The largest absolute Gasteiger partial charge is 0.432 e. The zero-order chi connectivity index (χ0) is 13.2. The standard InChI is InChI=1S/C14H15N3O2/c1-9-8-19-14(16-9)17-13(18)12-6-10-4-2-3-5-11(10)7-15-12/h2-5,8,12,15H,6-7H2,1H3,(H,16,17,18)/t12-/m0/s1. The second kappa shape index (κ2) is 4.85. The average molecular weight is 257 g/mol. The van der Waals surface area contributed by atoms with E-state index in [1.54, 1.807) is 0 Å². The van der Waals surface area contributed by atoms with E-state index in [0.717, 1.165) is 5.69 Å². The molecule has 3 rings (SSSR count). The maximum Gasteiger partial charge on any atom is 0.301 e. The van der Waals surface area contributed by atoms with E-state index in [9.17, 15) is 4.79 Å². The number of oxazole rings is 1. The van der Waals surface area contributed by atoms with Gasteiger partial charge in [0.2, 0.25) is 5.91 Å². The molecule has 19 heavy (non-hydrogen) atoms. The summed E-state index contributed by atoms with van der Waals surface area (Å²) in [7, 11) is 0. The highest BCUT2D eigenvalue weighted by Gasteiger charge is 2.24. The second-order valence-corrected chi connectivity index (χ2v) is 4.69. The van der Waals surface area contributed by atoms with Crippen molar-refractivity contribution in [3.63, 3.8) is 0 Å². The minimum absolute atomic E-state index is 0.114. The number of amides is 1. The first-order valence-corrected chi connectivity index (χ1v) is 6.25. The minimum Gasteiger partial charge on any atom is -0.432 e. The average Bonchev–Trinajstić information content (AvgIpc) is 2.83. The van der Waals surface area contributed by atoms with Crippen LogP contribution in [0.5, 0.6) is 0 Å². The third kappa shape index (κ3) is 2.51. The Morgan fingerprint density at radius 2 is 2.21 bits per heavy atom. The van der Waals surface area contributed by atoms with Crippen molar-refractivity contribution in [1.29, 1.82) is 0 Å². The molecule has 2 heterocycles. The van der Waals surface area contributed by atoms with Crippen LogP contribution in [-0.4, -0.2) is 16.9 Å². The first kappa shape index (κ1) is 11.9. The van der Waals surface area contributed by atoms with Crippen LogP contribution in [0.15, 0.2) is 34.9 Å². The van der Waals surface area contributed by atoms with Crippen LogP contribution in [0.25, 0.3) is 0 Å². The molecule has 1 aliphatic rings. The number of nitrogens with zero attached hydrogens (tertiary/aromatic N) is 1. The molecule has 2 aromatic rings. The Kier molecular flexibility index (Phi) is 3.05. The zero-order valence-corrected chi connectivity index (χ0v) is 10.6. The molecule has 1 aromatic heterocycles. The lowest BCUT2D eigenvalue weighted by molar-refractivity contribution is -0.118. The summed E-state index contributed by atoms with van der Waals surface area (Å²) in [5.74, 6) is -0.114. The topological polar surface area (TPSA) is 67.2 Å². The highest BCUT2D eigenvalue weighted by molar-refractivity contribution is 5.93. The third-order valence-electron chi connectivity index (χ3n) is 3.25. The zero-order valence-electron chi connectivity index (χ0n) is 10.6. The monoisotopic (exact) mass is 257 g/mol. The predicted octanol–water partition coefficient (Wildman–Crippen LogP) is 1.64. The SMILES string of the molecule is Cc1coc(NC(=O)[C@@H]2Cc3ccccc3CN2)n1. The van der Waals surface area contributed by atoms with Gasteiger partial charge >= 0.3 is 6.01 Å². The molecule has 5 nitrogen and oxygen atoms in total. The van der Waals surface area contributed by atoms with Crippen LogP contribution in [-0.2, 0) is 17.8 Å². The molecule has 98 valence electrons. The fourth-order valence-corrected chi connectivity index (χ4v) is 2.24. The Labute approximate surface area is 111 Å². The molecule has 0 fully saturated rings. The molecule has 0 saturated heterocycles. The first-order valence-electron chi connectivity index (χ1n) is 6.25. The van der Waals surface area contributed by atoms with Crippen LogP contribution in [0.1, 0.15) is 16.8 Å². The maximum absolute atomic E-state index is 12.1. The number of anilines is 1. The van der Waals surface area contributed by atoms with Crippen LogP contribution in [0.4, 0.5) is 6.01 Å². The molecule has 0 unspecified atom stereocenters. The third-order valence-corrected chi connectivity index (χ3v) is 3.25. The van der Waals surface area contributed by atoms with Crippen LogP contribution in [0.3, 0.4) is 0 Å². The van der Waals surface area contributed by atoms with Gasteiger partial charge in [0.15, 0.2) is 0 Å². The number of aryl methyl sites for hydroxylation is 1. The number of rotatable bonds is 2. The molecular weight excluding hydrogens is 242 g/mol. The summed E-state index contributed by atoms with van der Waals surface area (Å²) in [5.41, 5.74) is 3.21. The number of nitrogens with one attached hydrogen (secondary N) is 2. The van der Waals surface area contributed by atoms with E-state index in [4.69, 9.17) is 4.42 Å². The van der Waals surface area contributed by atoms with Crippen LogP contribution in [0, 0.1) is 6.92 Å². The van der Waals surface area contributed by atoms with E-state index in [1.165, 1.54) is 17.4 Å². The van der Waals surface area contributed by atoms with Crippen molar-refractivity contribution in [2.45, 2.75) is 25.9 Å². The van der Waals surface area contributed by atoms with Gasteiger partial charge in [0.1, 0.15) is 6.26 Å². The number of hydrogen-bond donors (Lipinski definition) is 2. The fourth-order valence-electron chi connectivity index (χ4n) is 2.24. The van der Waals surface area contributed by atoms with Crippen molar-refractivity contribution in [1.82, 2.24) is 10.3 Å². The minimum atomic E-state index is -0.248. The molecule has 0 aliphatic carbocycles. The van der Waals surface area contributed by atoms with Gasteiger partial charge in [-0.15, -0.1) is 0 Å². The molecule has 1 amide bonds.